The van der Waals surface area contributed by atoms with Gasteiger partial charge in [0.05, 0.1) is 0 Å². The van der Waals surface area contributed by atoms with Gasteiger partial charge in [-0.25, -0.2) is 0 Å². The minimum Gasteiger partial charge on any atom is -0.362 e. The molecule has 0 fully saturated rings. The SMILES string of the molecule is Cc1cc2c([nH]1)Cc1cc(C(C)C)sc1C2. The zero-order chi connectivity index (χ0) is 11.3. The van der Waals surface area contributed by atoms with E-state index in [9.17, 15) is 0 Å². The number of fused-ring (bicyclic) bond motifs is 2. The van der Waals surface area contributed by atoms with Crippen LogP contribution in [0, 0.1) is 6.92 Å². The molecule has 1 nitrogen and oxygen atoms in total. The molecule has 0 saturated heterocycles. The van der Waals surface area contributed by atoms with Crippen LogP contribution in [0.2, 0.25) is 0 Å². The second-order valence-corrected chi connectivity index (χ2v) is 6.23. The van der Waals surface area contributed by atoms with Crippen molar-refractivity contribution in [1.29, 1.82) is 0 Å². The molecule has 2 heteroatoms. The maximum atomic E-state index is 3.48. The topological polar surface area (TPSA) is 15.8 Å². The molecule has 1 aliphatic rings. The predicted molar refractivity (Wildman–Crippen MR) is 69.5 cm³/mol. The van der Waals surface area contributed by atoms with E-state index in [1.54, 1.807) is 10.4 Å². The Morgan fingerprint density at radius 1 is 1.19 bits per heavy atom. The monoisotopic (exact) mass is 231 g/mol. The Morgan fingerprint density at radius 2 is 2.00 bits per heavy atom. The Morgan fingerprint density at radius 3 is 2.75 bits per heavy atom. The number of aromatic nitrogens is 1. The number of hydrogen-bond donors (Lipinski definition) is 1. The fourth-order valence-electron chi connectivity index (χ4n) is 2.45. The fraction of sp³-hybridized carbons (Fsp3) is 0.429. The molecule has 0 aromatic carbocycles. The van der Waals surface area contributed by atoms with Crippen molar-refractivity contribution in [3.8, 4) is 0 Å². The molecular weight excluding hydrogens is 214 g/mol. The maximum absolute atomic E-state index is 3.48. The molecule has 84 valence electrons. The number of aromatic amines is 1. The first kappa shape index (κ1) is 10.2. The van der Waals surface area contributed by atoms with Gasteiger partial charge in [0.1, 0.15) is 0 Å². The van der Waals surface area contributed by atoms with Gasteiger partial charge >= 0.3 is 0 Å². The average Bonchev–Trinajstić information content (AvgIpc) is 2.74. The third kappa shape index (κ3) is 1.52. The molecule has 2 aromatic heterocycles. The Balaban J connectivity index is 2.01. The normalized spacial score (nSPS) is 14.0. The second kappa shape index (κ2) is 3.49. The van der Waals surface area contributed by atoms with Gasteiger partial charge in [0.2, 0.25) is 0 Å². The van der Waals surface area contributed by atoms with Crippen LogP contribution in [0.15, 0.2) is 12.1 Å². The summed E-state index contributed by atoms with van der Waals surface area (Å²) < 4.78 is 0. The lowest BCUT2D eigenvalue weighted by molar-refractivity contribution is 0.887. The van der Waals surface area contributed by atoms with Crippen LogP contribution in [0.3, 0.4) is 0 Å². The molecule has 1 aliphatic carbocycles. The standard InChI is InChI=1S/C14H17NS/c1-8(2)13-7-11-5-12-10(4-9(3)15-12)6-14(11)16-13/h4,7-8,15H,5-6H2,1-3H3. The number of thiophene rings is 1. The summed E-state index contributed by atoms with van der Waals surface area (Å²) in [6.07, 6.45) is 2.23. The Labute approximate surface area is 101 Å². The van der Waals surface area contributed by atoms with Crippen LogP contribution in [0.4, 0.5) is 0 Å². The van der Waals surface area contributed by atoms with Gasteiger partial charge in [-0.1, -0.05) is 13.8 Å². The molecule has 0 atom stereocenters. The highest BCUT2D eigenvalue weighted by Gasteiger charge is 2.20. The van der Waals surface area contributed by atoms with E-state index in [0.29, 0.717) is 5.92 Å². The van der Waals surface area contributed by atoms with Crippen LogP contribution in [0.5, 0.6) is 0 Å². The van der Waals surface area contributed by atoms with Crippen LogP contribution in [0.25, 0.3) is 0 Å². The van der Waals surface area contributed by atoms with Gasteiger partial charge in [-0.2, -0.15) is 0 Å². The first-order chi connectivity index (χ1) is 7.63. The highest BCUT2D eigenvalue weighted by Crippen LogP contribution is 2.35. The summed E-state index contributed by atoms with van der Waals surface area (Å²) in [7, 11) is 0. The molecule has 1 N–H and O–H groups in total. The predicted octanol–water partition coefficient (Wildman–Crippen LogP) is 4.00. The number of nitrogens with one attached hydrogen (secondary N) is 1. The van der Waals surface area contributed by atoms with Gasteiger partial charge in [-0.15, -0.1) is 11.3 Å². The van der Waals surface area contributed by atoms with Crippen molar-refractivity contribution in [3.05, 3.63) is 44.4 Å². The number of aryl methyl sites for hydroxylation is 1. The van der Waals surface area contributed by atoms with Gasteiger partial charge in [-0.05, 0) is 36.1 Å². The smallest absolute Gasteiger partial charge is 0.0230 e. The number of H-pyrrole nitrogens is 1. The van der Waals surface area contributed by atoms with Crippen molar-refractivity contribution in [2.45, 2.75) is 39.5 Å². The average molecular weight is 231 g/mol. The molecule has 2 aromatic rings. The summed E-state index contributed by atoms with van der Waals surface area (Å²) in [5.41, 5.74) is 5.77. The van der Waals surface area contributed by atoms with Crippen molar-refractivity contribution in [2.75, 3.05) is 0 Å². The minimum absolute atomic E-state index is 0.663. The molecule has 16 heavy (non-hydrogen) atoms. The van der Waals surface area contributed by atoms with Crippen LogP contribution in [0.1, 0.15) is 52.0 Å². The molecular formula is C14H17NS. The molecule has 0 bridgehead atoms. The Bertz CT molecular complexity index is 490. The molecule has 0 amide bonds. The quantitative estimate of drug-likeness (QED) is 0.651. The molecule has 0 unspecified atom stereocenters. The minimum atomic E-state index is 0.663. The molecule has 0 radical (unpaired) electrons. The summed E-state index contributed by atoms with van der Waals surface area (Å²) in [5.74, 6) is 0.663. The molecule has 0 spiro atoms. The van der Waals surface area contributed by atoms with Crippen LogP contribution in [-0.4, -0.2) is 4.98 Å². The van der Waals surface area contributed by atoms with Crippen molar-refractivity contribution < 1.29 is 0 Å². The molecule has 2 heterocycles. The second-order valence-electron chi connectivity index (χ2n) is 5.06. The summed E-state index contributed by atoms with van der Waals surface area (Å²) in [5, 5.41) is 0. The van der Waals surface area contributed by atoms with E-state index in [2.05, 4.69) is 37.9 Å². The number of hydrogen-bond acceptors (Lipinski definition) is 1. The van der Waals surface area contributed by atoms with Crippen molar-refractivity contribution >= 4 is 11.3 Å². The van der Waals surface area contributed by atoms with E-state index >= 15 is 0 Å². The van der Waals surface area contributed by atoms with Crippen molar-refractivity contribution in [3.63, 3.8) is 0 Å². The van der Waals surface area contributed by atoms with Gasteiger partial charge in [0, 0.05) is 34.0 Å². The highest BCUT2D eigenvalue weighted by atomic mass is 32.1. The lowest BCUT2D eigenvalue weighted by Gasteiger charge is -2.11. The van der Waals surface area contributed by atoms with E-state index in [1.165, 1.54) is 21.8 Å². The zero-order valence-electron chi connectivity index (χ0n) is 10.1. The van der Waals surface area contributed by atoms with Gasteiger partial charge in [-0.3, -0.25) is 0 Å². The van der Waals surface area contributed by atoms with E-state index in [4.69, 9.17) is 0 Å². The van der Waals surface area contributed by atoms with Crippen LogP contribution < -0.4 is 0 Å². The van der Waals surface area contributed by atoms with Crippen molar-refractivity contribution in [2.24, 2.45) is 0 Å². The van der Waals surface area contributed by atoms with Gasteiger partial charge < -0.3 is 4.98 Å². The van der Waals surface area contributed by atoms with E-state index < -0.39 is 0 Å². The van der Waals surface area contributed by atoms with E-state index in [0.717, 1.165) is 12.8 Å². The lowest BCUT2D eigenvalue weighted by atomic mass is 9.96. The summed E-state index contributed by atoms with van der Waals surface area (Å²) in [6.45, 7) is 6.70. The third-order valence-electron chi connectivity index (χ3n) is 3.33. The maximum Gasteiger partial charge on any atom is 0.0230 e. The summed E-state index contributed by atoms with van der Waals surface area (Å²) in [6, 6.07) is 4.71. The van der Waals surface area contributed by atoms with E-state index in [1.807, 2.05) is 11.3 Å². The molecule has 0 aliphatic heterocycles. The van der Waals surface area contributed by atoms with Crippen molar-refractivity contribution in [1.82, 2.24) is 4.98 Å². The molecule has 3 rings (SSSR count). The number of rotatable bonds is 1. The summed E-state index contributed by atoms with van der Waals surface area (Å²) in [4.78, 5) is 6.59. The zero-order valence-corrected chi connectivity index (χ0v) is 10.9. The van der Waals surface area contributed by atoms with E-state index in [-0.39, 0.29) is 0 Å². The third-order valence-corrected chi connectivity index (χ3v) is 4.81. The van der Waals surface area contributed by atoms with Gasteiger partial charge in [0.15, 0.2) is 0 Å². The Hall–Kier alpha value is -1.02. The lowest BCUT2D eigenvalue weighted by Crippen LogP contribution is -2.02. The molecule has 0 saturated carbocycles. The highest BCUT2D eigenvalue weighted by molar-refractivity contribution is 7.12. The van der Waals surface area contributed by atoms with Crippen LogP contribution >= 0.6 is 11.3 Å². The summed E-state index contributed by atoms with van der Waals surface area (Å²) >= 11 is 2.00. The largest absolute Gasteiger partial charge is 0.362 e. The first-order valence-corrected chi connectivity index (χ1v) is 6.74. The fourth-order valence-corrected chi connectivity index (χ4v) is 3.67. The first-order valence-electron chi connectivity index (χ1n) is 5.92. The van der Waals surface area contributed by atoms with Gasteiger partial charge in [0.25, 0.3) is 0 Å². The van der Waals surface area contributed by atoms with Crippen LogP contribution in [-0.2, 0) is 12.8 Å². The Kier molecular flexibility index (Phi) is 2.21.